The van der Waals surface area contributed by atoms with Crippen LogP contribution in [0.4, 0.5) is 11.4 Å². The van der Waals surface area contributed by atoms with E-state index in [9.17, 15) is 14.7 Å². The molecule has 0 aliphatic heterocycles. The Balaban J connectivity index is 2.20. The highest BCUT2D eigenvalue weighted by molar-refractivity contribution is 6.39. The molecule has 1 atom stereocenters. The van der Waals surface area contributed by atoms with Crippen LogP contribution in [0.15, 0.2) is 42.5 Å². The minimum absolute atomic E-state index is 0.104. The maximum absolute atomic E-state index is 12.9. The van der Waals surface area contributed by atoms with E-state index < -0.39 is 17.3 Å². The first-order valence-electron chi connectivity index (χ1n) is 9.07. The van der Waals surface area contributed by atoms with Crippen molar-refractivity contribution < 1.29 is 14.7 Å². The van der Waals surface area contributed by atoms with Crippen molar-refractivity contribution in [3.8, 4) is 0 Å². The molecule has 2 rings (SSSR count). The zero-order chi connectivity index (χ0) is 22.3. The zero-order valence-electron chi connectivity index (χ0n) is 16.0. The van der Waals surface area contributed by atoms with E-state index in [1.165, 1.54) is 0 Å². The highest BCUT2D eigenvalue weighted by atomic mass is 35.5. The molecule has 0 aliphatic carbocycles. The number of nitrogens with one attached hydrogen (secondary N) is 3. The van der Waals surface area contributed by atoms with Gasteiger partial charge in [-0.3, -0.25) is 10.2 Å². The Bertz CT molecular complexity index is 934. The summed E-state index contributed by atoms with van der Waals surface area (Å²) < 4.78 is 0. The quantitative estimate of drug-likeness (QED) is 0.140. The number of aliphatic carboxylic acids is 1. The lowest BCUT2D eigenvalue weighted by atomic mass is 9.86. The molecule has 0 aromatic heterocycles. The molecule has 8 nitrogen and oxygen atoms in total. The molecule has 0 saturated carbocycles. The number of hydrogen-bond donors (Lipinski definition) is 6. The third kappa shape index (κ3) is 5.85. The number of Topliss-reactive ketones (excluding diaryl/α,β-unsaturated/α-hetero) is 1. The van der Waals surface area contributed by atoms with Gasteiger partial charge in [-0.05, 0) is 36.6 Å². The van der Waals surface area contributed by atoms with Gasteiger partial charge >= 0.3 is 5.97 Å². The SMILES string of the molecule is N=C(N)NCCC[C@@](N)(C(=O)O)C(=O)Cc1ccccc1Nc1c(Cl)cccc1Cl. The summed E-state index contributed by atoms with van der Waals surface area (Å²) in [5, 5.41) is 23.2. The predicted octanol–water partition coefficient (Wildman–Crippen LogP) is 2.89. The zero-order valence-corrected chi connectivity index (χ0v) is 17.6. The van der Waals surface area contributed by atoms with Gasteiger partial charge in [0.05, 0.1) is 15.7 Å². The van der Waals surface area contributed by atoms with Gasteiger partial charge in [-0.2, -0.15) is 0 Å². The van der Waals surface area contributed by atoms with Crippen LogP contribution in [-0.2, 0) is 16.0 Å². The van der Waals surface area contributed by atoms with Crippen molar-refractivity contribution in [2.45, 2.75) is 24.8 Å². The largest absolute Gasteiger partial charge is 0.480 e. The van der Waals surface area contributed by atoms with E-state index >= 15 is 0 Å². The van der Waals surface area contributed by atoms with Crippen molar-refractivity contribution in [3.05, 3.63) is 58.1 Å². The van der Waals surface area contributed by atoms with Crippen molar-refractivity contribution in [1.82, 2.24) is 5.32 Å². The van der Waals surface area contributed by atoms with E-state index in [2.05, 4.69) is 10.6 Å². The first kappa shape index (κ1) is 23.5. The fourth-order valence-electron chi connectivity index (χ4n) is 2.83. The topological polar surface area (TPSA) is 154 Å². The molecule has 0 saturated heterocycles. The number of carbonyl (C=O) groups excluding carboxylic acids is 1. The van der Waals surface area contributed by atoms with Gasteiger partial charge < -0.3 is 27.2 Å². The molecule has 0 fully saturated rings. The maximum atomic E-state index is 12.9. The summed E-state index contributed by atoms with van der Waals surface area (Å²) in [7, 11) is 0. The van der Waals surface area contributed by atoms with Crippen LogP contribution in [0, 0.1) is 5.41 Å². The highest BCUT2D eigenvalue weighted by Gasteiger charge is 2.41. The first-order valence-corrected chi connectivity index (χ1v) is 9.83. The smallest absolute Gasteiger partial charge is 0.331 e. The van der Waals surface area contributed by atoms with Gasteiger partial charge in [0.25, 0.3) is 0 Å². The van der Waals surface area contributed by atoms with Gasteiger partial charge in [-0.1, -0.05) is 47.5 Å². The summed E-state index contributed by atoms with van der Waals surface area (Å²) in [4.78, 5) is 24.6. The lowest BCUT2D eigenvalue weighted by molar-refractivity contribution is -0.148. The van der Waals surface area contributed by atoms with E-state index in [0.717, 1.165) is 0 Å². The van der Waals surface area contributed by atoms with Gasteiger partial charge in [0, 0.05) is 18.7 Å². The molecule has 0 radical (unpaired) electrons. The number of ketones is 1. The Morgan fingerprint density at radius 1 is 1.10 bits per heavy atom. The van der Waals surface area contributed by atoms with Crippen LogP contribution < -0.4 is 22.1 Å². The Kier molecular flexibility index (Phi) is 8.05. The van der Waals surface area contributed by atoms with Crippen LogP contribution in [0.25, 0.3) is 0 Å². The fraction of sp³-hybridized carbons (Fsp3) is 0.250. The summed E-state index contributed by atoms with van der Waals surface area (Å²) in [6, 6.07) is 12.0. The Hall–Kier alpha value is -2.81. The summed E-state index contributed by atoms with van der Waals surface area (Å²) in [5.74, 6) is -2.29. The molecule has 2 aromatic rings. The Morgan fingerprint density at radius 2 is 1.73 bits per heavy atom. The van der Waals surface area contributed by atoms with Crippen molar-refractivity contribution in [2.75, 3.05) is 11.9 Å². The third-order valence-electron chi connectivity index (χ3n) is 4.53. The Labute approximate surface area is 184 Å². The van der Waals surface area contributed by atoms with Crippen LogP contribution in [0.3, 0.4) is 0 Å². The number of nitrogens with two attached hydrogens (primary N) is 2. The van der Waals surface area contributed by atoms with E-state index in [-0.39, 0.29) is 31.8 Å². The number of rotatable bonds is 10. The number of carboxylic acid groups (broad SMARTS) is 1. The molecule has 160 valence electrons. The molecule has 0 bridgehead atoms. The molecule has 10 heteroatoms. The van der Waals surface area contributed by atoms with Crippen LogP contribution in [-0.4, -0.2) is 34.9 Å². The Morgan fingerprint density at radius 3 is 2.33 bits per heavy atom. The summed E-state index contributed by atoms with van der Waals surface area (Å²) in [6.45, 7) is 0.234. The summed E-state index contributed by atoms with van der Waals surface area (Å²) >= 11 is 12.4. The van der Waals surface area contributed by atoms with E-state index in [1.807, 2.05) is 0 Å². The number of carboxylic acids is 1. The van der Waals surface area contributed by atoms with Crippen LogP contribution in [0.2, 0.25) is 10.0 Å². The molecular formula is C20H23Cl2N5O3. The lowest BCUT2D eigenvalue weighted by Gasteiger charge is -2.24. The molecule has 30 heavy (non-hydrogen) atoms. The minimum Gasteiger partial charge on any atom is -0.480 e. The van der Waals surface area contributed by atoms with E-state index in [1.54, 1.807) is 42.5 Å². The number of hydrogen-bond acceptors (Lipinski definition) is 5. The second-order valence-corrected chi connectivity index (χ2v) is 7.51. The van der Waals surface area contributed by atoms with Crippen molar-refractivity contribution in [3.63, 3.8) is 0 Å². The highest BCUT2D eigenvalue weighted by Crippen LogP contribution is 2.34. The maximum Gasteiger partial charge on any atom is 0.331 e. The fourth-order valence-corrected chi connectivity index (χ4v) is 3.33. The second-order valence-electron chi connectivity index (χ2n) is 6.70. The number of anilines is 2. The van der Waals surface area contributed by atoms with Gasteiger partial charge in [0.15, 0.2) is 17.3 Å². The number of para-hydroxylation sites is 2. The summed E-state index contributed by atoms with van der Waals surface area (Å²) in [6.07, 6.45) is -0.0508. The van der Waals surface area contributed by atoms with Gasteiger partial charge in [-0.25, -0.2) is 4.79 Å². The molecule has 0 amide bonds. The number of halogens is 2. The number of guanidine groups is 1. The predicted molar refractivity (Wildman–Crippen MR) is 119 cm³/mol. The van der Waals surface area contributed by atoms with Gasteiger partial charge in [0.1, 0.15) is 0 Å². The van der Waals surface area contributed by atoms with E-state index in [0.29, 0.717) is 27.0 Å². The third-order valence-corrected chi connectivity index (χ3v) is 5.16. The van der Waals surface area contributed by atoms with Crippen molar-refractivity contribution >= 4 is 52.3 Å². The van der Waals surface area contributed by atoms with Crippen molar-refractivity contribution in [1.29, 1.82) is 5.41 Å². The van der Waals surface area contributed by atoms with Crippen molar-refractivity contribution in [2.24, 2.45) is 11.5 Å². The van der Waals surface area contributed by atoms with Crippen LogP contribution in [0.5, 0.6) is 0 Å². The number of benzene rings is 2. The molecule has 0 unspecified atom stereocenters. The summed E-state index contributed by atoms with van der Waals surface area (Å²) in [5.41, 5.74) is 10.7. The first-order chi connectivity index (χ1) is 14.1. The van der Waals surface area contributed by atoms with Gasteiger partial charge in [0.2, 0.25) is 0 Å². The molecule has 8 N–H and O–H groups in total. The molecule has 0 aliphatic rings. The molecule has 2 aromatic carbocycles. The standard InChI is InChI=1S/C20H23Cl2N5O3/c21-13-6-3-7-14(22)17(13)27-15-8-2-1-5-12(15)11-16(28)20(25,18(29)30)9-4-10-26-19(23)24/h1-3,5-8,27H,4,9-11,25H2,(H,29,30)(H4,23,24,26)/t20-/m0/s1. The lowest BCUT2D eigenvalue weighted by Crippen LogP contribution is -2.56. The average Bonchev–Trinajstić information content (AvgIpc) is 2.68. The number of carbonyl (C=O) groups is 2. The average molecular weight is 452 g/mol. The van der Waals surface area contributed by atoms with Gasteiger partial charge in [-0.15, -0.1) is 0 Å². The van der Waals surface area contributed by atoms with E-state index in [4.69, 9.17) is 40.1 Å². The minimum atomic E-state index is -2.06. The van der Waals surface area contributed by atoms with Crippen LogP contribution in [0.1, 0.15) is 18.4 Å². The molecular weight excluding hydrogens is 429 g/mol. The normalized spacial score (nSPS) is 12.6. The van der Waals surface area contributed by atoms with Crippen LogP contribution >= 0.6 is 23.2 Å². The monoisotopic (exact) mass is 451 g/mol. The molecule has 0 spiro atoms. The second kappa shape index (κ2) is 10.3. The molecule has 0 heterocycles.